The van der Waals surface area contributed by atoms with E-state index in [1.165, 1.54) is 0 Å². The van der Waals surface area contributed by atoms with Crippen molar-refractivity contribution in [2.24, 2.45) is 0 Å². The molecule has 0 amide bonds. The number of aromatic nitrogens is 3. The highest BCUT2D eigenvalue weighted by atomic mass is 35.5. The van der Waals surface area contributed by atoms with Gasteiger partial charge < -0.3 is 14.5 Å². The quantitative estimate of drug-likeness (QED) is 0.851. The topological polar surface area (TPSA) is 54.4 Å². The van der Waals surface area contributed by atoms with Crippen molar-refractivity contribution in [3.8, 4) is 0 Å². The van der Waals surface area contributed by atoms with Gasteiger partial charge in [-0.25, -0.2) is 15.0 Å². The molecule has 2 saturated heterocycles. The first-order valence-electron chi connectivity index (χ1n) is 8.31. The summed E-state index contributed by atoms with van der Waals surface area (Å²) >= 11 is 5.91. The fourth-order valence-corrected chi connectivity index (χ4v) is 3.36. The van der Waals surface area contributed by atoms with Crippen LogP contribution in [0.15, 0.2) is 30.7 Å². The fraction of sp³-hybridized carbons (Fsp3) is 0.471. The van der Waals surface area contributed by atoms with E-state index in [0.717, 1.165) is 63.1 Å². The summed E-state index contributed by atoms with van der Waals surface area (Å²) in [5.74, 6) is 2.40. The molecular formula is C17H20ClN5O. The Morgan fingerprint density at radius 3 is 2.46 bits per heavy atom. The summed E-state index contributed by atoms with van der Waals surface area (Å²) in [5, 5.41) is 0.668. The Balaban J connectivity index is 1.42. The summed E-state index contributed by atoms with van der Waals surface area (Å²) in [4.78, 5) is 17.9. The standard InChI is InChI=1S/C17H20ClN5O/c18-14-1-2-16(19-10-14)22-4-6-23(7-5-22)17-9-15(20-12-21-17)13-3-8-24-11-13/h1-2,9-10,12-13H,3-8,11H2. The van der Waals surface area contributed by atoms with Crippen molar-refractivity contribution >= 4 is 23.2 Å². The van der Waals surface area contributed by atoms with E-state index in [-0.39, 0.29) is 0 Å². The molecule has 0 bridgehead atoms. The van der Waals surface area contributed by atoms with Gasteiger partial charge in [0.1, 0.15) is 18.0 Å². The van der Waals surface area contributed by atoms with Crippen LogP contribution in [0.1, 0.15) is 18.0 Å². The van der Waals surface area contributed by atoms with Crippen LogP contribution in [0.3, 0.4) is 0 Å². The van der Waals surface area contributed by atoms with Crippen LogP contribution < -0.4 is 9.80 Å². The second-order valence-electron chi connectivity index (χ2n) is 6.17. The number of anilines is 2. The number of ether oxygens (including phenoxy) is 1. The average molecular weight is 346 g/mol. The van der Waals surface area contributed by atoms with E-state index in [4.69, 9.17) is 16.3 Å². The van der Waals surface area contributed by atoms with Gasteiger partial charge in [-0.3, -0.25) is 0 Å². The Hall–Kier alpha value is -1.92. The molecule has 0 aliphatic carbocycles. The maximum Gasteiger partial charge on any atom is 0.132 e. The normalized spacial score (nSPS) is 21.3. The molecule has 7 heteroatoms. The van der Waals surface area contributed by atoms with Crippen molar-refractivity contribution in [2.75, 3.05) is 49.2 Å². The molecule has 0 saturated carbocycles. The zero-order chi connectivity index (χ0) is 16.4. The minimum Gasteiger partial charge on any atom is -0.381 e. The van der Waals surface area contributed by atoms with Gasteiger partial charge in [-0.1, -0.05) is 11.6 Å². The third-order valence-electron chi connectivity index (χ3n) is 4.66. The third-order valence-corrected chi connectivity index (χ3v) is 4.88. The third kappa shape index (κ3) is 3.30. The van der Waals surface area contributed by atoms with E-state index in [0.29, 0.717) is 10.9 Å². The molecule has 1 unspecified atom stereocenters. The molecule has 0 radical (unpaired) electrons. The number of hydrogen-bond donors (Lipinski definition) is 0. The lowest BCUT2D eigenvalue weighted by molar-refractivity contribution is 0.193. The highest BCUT2D eigenvalue weighted by molar-refractivity contribution is 6.30. The van der Waals surface area contributed by atoms with E-state index in [2.05, 4.69) is 30.8 Å². The second kappa shape index (κ2) is 6.91. The summed E-state index contributed by atoms with van der Waals surface area (Å²) in [6.07, 6.45) is 4.42. The molecule has 4 heterocycles. The van der Waals surface area contributed by atoms with Crippen molar-refractivity contribution in [2.45, 2.75) is 12.3 Å². The minimum absolute atomic E-state index is 0.409. The Morgan fingerprint density at radius 2 is 1.79 bits per heavy atom. The van der Waals surface area contributed by atoms with Gasteiger partial charge in [0.2, 0.25) is 0 Å². The molecule has 24 heavy (non-hydrogen) atoms. The molecule has 0 spiro atoms. The molecule has 126 valence electrons. The zero-order valence-electron chi connectivity index (χ0n) is 13.4. The maximum atomic E-state index is 5.91. The first kappa shape index (κ1) is 15.6. The van der Waals surface area contributed by atoms with Crippen molar-refractivity contribution in [3.05, 3.63) is 41.4 Å². The van der Waals surface area contributed by atoms with Gasteiger partial charge in [-0.15, -0.1) is 0 Å². The van der Waals surface area contributed by atoms with Gasteiger partial charge in [0.05, 0.1) is 17.3 Å². The predicted molar refractivity (Wildman–Crippen MR) is 93.9 cm³/mol. The maximum absolute atomic E-state index is 5.91. The van der Waals surface area contributed by atoms with Gasteiger partial charge in [0, 0.05) is 51.0 Å². The van der Waals surface area contributed by atoms with Gasteiger partial charge in [-0.05, 0) is 18.6 Å². The Kier molecular flexibility index (Phi) is 4.49. The number of pyridine rings is 1. The largest absolute Gasteiger partial charge is 0.381 e. The van der Waals surface area contributed by atoms with Gasteiger partial charge >= 0.3 is 0 Å². The SMILES string of the molecule is Clc1ccc(N2CCN(c3cc(C4CCOC4)ncn3)CC2)nc1. The summed E-state index contributed by atoms with van der Waals surface area (Å²) < 4.78 is 5.47. The van der Waals surface area contributed by atoms with Crippen LogP contribution in [-0.4, -0.2) is 54.3 Å². The first-order chi connectivity index (χ1) is 11.8. The molecule has 2 aliphatic heterocycles. The number of hydrogen-bond acceptors (Lipinski definition) is 6. The van der Waals surface area contributed by atoms with Crippen molar-refractivity contribution in [3.63, 3.8) is 0 Å². The van der Waals surface area contributed by atoms with Crippen molar-refractivity contribution in [1.82, 2.24) is 15.0 Å². The van der Waals surface area contributed by atoms with Gasteiger partial charge in [0.25, 0.3) is 0 Å². The van der Waals surface area contributed by atoms with Crippen LogP contribution >= 0.6 is 11.6 Å². The molecule has 2 aromatic rings. The lowest BCUT2D eigenvalue weighted by Gasteiger charge is -2.36. The second-order valence-corrected chi connectivity index (χ2v) is 6.61. The Morgan fingerprint density at radius 1 is 1.00 bits per heavy atom. The minimum atomic E-state index is 0.409. The Bertz CT molecular complexity index is 682. The highest BCUT2D eigenvalue weighted by Gasteiger charge is 2.22. The van der Waals surface area contributed by atoms with Gasteiger partial charge in [-0.2, -0.15) is 0 Å². The fourth-order valence-electron chi connectivity index (χ4n) is 3.25. The molecule has 1 atom stereocenters. The molecular weight excluding hydrogens is 326 g/mol. The van der Waals surface area contributed by atoms with E-state index in [9.17, 15) is 0 Å². The van der Waals surface area contributed by atoms with E-state index in [1.54, 1.807) is 12.5 Å². The summed E-state index contributed by atoms with van der Waals surface area (Å²) in [7, 11) is 0. The lowest BCUT2D eigenvalue weighted by atomic mass is 10.0. The van der Waals surface area contributed by atoms with E-state index < -0.39 is 0 Å². The van der Waals surface area contributed by atoms with E-state index >= 15 is 0 Å². The summed E-state index contributed by atoms with van der Waals surface area (Å²) in [6, 6.07) is 5.98. The molecule has 4 rings (SSSR count). The van der Waals surface area contributed by atoms with E-state index in [1.807, 2.05) is 12.1 Å². The number of nitrogens with zero attached hydrogens (tertiary/aromatic N) is 5. The molecule has 2 aliphatic rings. The van der Waals surface area contributed by atoms with Crippen LogP contribution in [0, 0.1) is 0 Å². The number of rotatable bonds is 3. The monoisotopic (exact) mass is 345 g/mol. The van der Waals surface area contributed by atoms with Crippen LogP contribution in [0.4, 0.5) is 11.6 Å². The van der Waals surface area contributed by atoms with Crippen LogP contribution in [0.25, 0.3) is 0 Å². The zero-order valence-corrected chi connectivity index (χ0v) is 14.2. The van der Waals surface area contributed by atoms with Crippen LogP contribution in [-0.2, 0) is 4.74 Å². The van der Waals surface area contributed by atoms with Crippen LogP contribution in [0.2, 0.25) is 5.02 Å². The molecule has 2 fully saturated rings. The smallest absolute Gasteiger partial charge is 0.132 e. The predicted octanol–water partition coefficient (Wildman–Crippen LogP) is 2.36. The Labute approximate surface area is 146 Å². The van der Waals surface area contributed by atoms with Crippen molar-refractivity contribution < 1.29 is 4.74 Å². The number of halogens is 1. The molecule has 0 N–H and O–H groups in total. The van der Waals surface area contributed by atoms with Gasteiger partial charge in [0.15, 0.2) is 0 Å². The summed E-state index contributed by atoms with van der Waals surface area (Å²) in [5.41, 5.74) is 1.10. The highest BCUT2D eigenvalue weighted by Crippen LogP contribution is 2.26. The molecule has 0 aromatic carbocycles. The van der Waals surface area contributed by atoms with Crippen LogP contribution in [0.5, 0.6) is 0 Å². The first-order valence-corrected chi connectivity index (χ1v) is 8.68. The number of piperazine rings is 1. The molecule has 2 aromatic heterocycles. The molecule has 6 nitrogen and oxygen atoms in total. The summed E-state index contributed by atoms with van der Waals surface area (Å²) in [6.45, 7) is 5.27. The van der Waals surface area contributed by atoms with Crippen molar-refractivity contribution in [1.29, 1.82) is 0 Å². The lowest BCUT2D eigenvalue weighted by Crippen LogP contribution is -2.47. The average Bonchev–Trinajstić information content (AvgIpc) is 3.17.